The van der Waals surface area contributed by atoms with Crippen molar-refractivity contribution in [3.05, 3.63) is 0 Å². The van der Waals surface area contributed by atoms with E-state index in [9.17, 15) is 21.6 Å². The monoisotopic (exact) mass is 277 g/mol. The molecule has 0 amide bonds. The largest absolute Gasteiger partial charge is 0.490 e. The number of carboxylic acids is 1. The third-order valence-corrected chi connectivity index (χ3v) is 3.33. The van der Waals surface area contributed by atoms with Crippen LogP contribution in [0.1, 0.15) is 19.3 Å². The Morgan fingerprint density at radius 3 is 1.71 bits per heavy atom. The molecule has 17 heavy (non-hydrogen) atoms. The Bertz CT molecular complexity index is 346. The van der Waals surface area contributed by atoms with Gasteiger partial charge < -0.3 is 5.11 Å². The molecule has 1 N–H and O–H groups in total. The van der Waals surface area contributed by atoms with Crippen LogP contribution in [0.2, 0.25) is 0 Å². The van der Waals surface area contributed by atoms with E-state index in [0.29, 0.717) is 0 Å². The minimum absolute atomic E-state index is 0.721. The minimum atomic E-state index is -5.08. The quantitative estimate of drug-likeness (QED) is 0.778. The summed E-state index contributed by atoms with van der Waals surface area (Å²) in [5, 5.41) is 7.12. The molecule has 0 radical (unpaired) electrons. The standard InChI is InChI=1S/C6H13NO2S.C2HF3O2/c1-10(8,9)7-5-3-2-4-6-7;3-2(4,5)1(6)7/h2-6H2,1H3;(H,6,7). The Kier molecular flexibility index (Phi) is 5.89. The minimum Gasteiger partial charge on any atom is -0.475 e. The van der Waals surface area contributed by atoms with Gasteiger partial charge in [0.15, 0.2) is 0 Å². The molecule has 0 unspecified atom stereocenters. The second kappa shape index (κ2) is 6.20. The zero-order valence-corrected chi connectivity index (χ0v) is 10.0. The first kappa shape index (κ1) is 16.2. The molecule has 0 aromatic carbocycles. The number of carboxylic acid groups (broad SMARTS) is 1. The molecular formula is C8H14F3NO4S. The first-order valence-electron chi connectivity index (χ1n) is 4.80. The maximum Gasteiger partial charge on any atom is 0.490 e. The first-order chi connectivity index (χ1) is 7.55. The highest BCUT2D eigenvalue weighted by atomic mass is 32.2. The summed E-state index contributed by atoms with van der Waals surface area (Å²) in [6.45, 7) is 1.44. The van der Waals surface area contributed by atoms with Crippen molar-refractivity contribution in [3.8, 4) is 0 Å². The van der Waals surface area contributed by atoms with E-state index in [1.807, 2.05) is 0 Å². The number of aliphatic carboxylic acids is 1. The summed E-state index contributed by atoms with van der Waals surface area (Å²) in [7, 11) is -2.89. The second-order valence-electron chi connectivity index (χ2n) is 3.53. The van der Waals surface area contributed by atoms with E-state index in [4.69, 9.17) is 9.90 Å². The fourth-order valence-electron chi connectivity index (χ4n) is 1.20. The van der Waals surface area contributed by atoms with Crippen LogP contribution in [-0.4, -0.2) is 49.3 Å². The lowest BCUT2D eigenvalue weighted by Gasteiger charge is -2.23. The maximum absolute atomic E-state index is 10.9. The van der Waals surface area contributed by atoms with E-state index >= 15 is 0 Å². The predicted octanol–water partition coefficient (Wildman–Crippen LogP) is 1.07. The molecule has 0 atom stereocenters. The third kappa shape index (κ3) is 7.16. The van der Waals surface area contributed by atoms with Gasteiger partial charge in [0.2, 0.25) is 10.0 Å². The Balaban J connectivity index is 0.000000325. The number of nitrogens with zero attached hydrogens (tertiary/aromatic N) is 1. The van der Waals surface area contributed by atoms with Crippen LogP contribution in [0.25, 0.3) is 0 Å². The van der Waals surface area contributed by atoms with Crippen molar-refractivity contribution < 1.29 is 31.5 Å². The predicted molar refractivity (Wildman–Crippen MR) is 54.0 cm³/mol. The van der Waals surface area contributed by atoms with Crippen LogP contribution in [0.4, 0.5) is 13.2 Å². The Morgan fingerprint density at radius 1 is 1.18 bits per heavy atom. The highest BCUT2D eigenvalue weighted by molar-refractivity contribution is 7.88. The van der Waals surface area contributed by atoms with Gasteiger partial charge in [0, 0.05) is 13.1 Å². The molecule has 0 aromatic heterocycles. The van der Waals surface area contributed by atoms with Gasteiger partial charge in [-0.2, -0.15) is 13.2 Å². The summed E-state index contributed by atoms with van der Waals surface area (Å²) >= 11 is 0. The molecule has 0 spiro atoms. The molecule has 1 fully saturated rings. The van der Waals surface area contributed by atoms with E-state index in [2.05, 4.69) is 0 Å². The molecule has 1 aliphatic rings. The van der Waals surface area contributed by atoms with Crippen LogP contribution in [0.3, 0.4) is 0 Å². The molecule has 1 aliphatic heterocycles. The van der Waals surface area contributed by atoms with Crippen molar-refractivity contribution in [2.24, 2.45) is 0 Å². The van der Waals surface area contributed by atoms with E-state index < -0.39 is 22.2 Å². The third-order valence-electron chi connectivity index (χ3n) is 2.03. The number of hydrogen-bond donors (Lipinski definition) is 1. The molecule has 1 rings (SSSR count). The first-order valence-corrected chi connectivity index (χ1v) is 6.65. The number of carbonyl (C=O) groups is 1. The molecule has 5 nitrogen and oxygen atoms in total. The molecule has 0 bridgehead atoms. The normalized spacial score (nSPS) is 18.1. The van der Waals surface area contributed by atoms with Gasteiger partial charge in [-0.15, -0.1) is 0 Å². The van der Waals surface area contributed by atoms with E-state index in [-0.39, 0.29) is 0 Å². The molecule has 1 saturated heterocycles. The lowest BCUT2D eigenvalue weighted by Crippen LogP contribution is -2.34. The summed E-state index contributed by atoms with van der Waals surface area (Å²) in [6, 6.07) is 0. The van der Waals surface area contributed by atoms with Gasteiger partial charge in [0.1, 0.15) is 0 Å². The van der Waals surface area contributed by atoms with Crippen molar-refractivity contribution in [1.29, 1.82) is 0 Å². The topological polar surface area (TPSA) is 74.7 Å². The SMILES string of the molecule is CS(=O)(=O)N1CCCCC1.O=C(O)C(F)(F)F. The summed E-state index contributed by atoms with van der Waals surface area (Å²) in [5.41, 5.74) is 0. The van der Waals surface area contributed by atoms with E-state index in [0.717, 1.165) is 25.9 Å². The van der Waals surface area contributed by atoms with Gasteiger partial charge >= 0.3 is 12.1 Å². The summed E-state index contributed by atoms with van der Waals surface area (Å²) in [6.07, 6.45) is -0.593. The fraction of sp³-hybridized carbons (Fsp3) is 0.875. The fourth-order valence-corrected chi connectivity index (χ4v) is 2.12. The highest BCUT2D eigenvalue weighted by Gasteiger charge is 2.38. The van der Waals surface area contributed by atoms with E-state index in [1.54, 1.807) is 4.31 Å². The number of rotatable bonds is 1. The van der Waals surface area contributed by atoms with Crippen LogP contribution in [0.15, 0.2) is 0 Å². The van der Waals surface area contributed by atoms with Crippen LogP contribution in [-0.2, 0) is 14.8 Å². The van der Waals surface area contributed by atoms with Gasteiger partial charge in [0.05, 0.1) is 6.26 Å². The Morgan fingerprint density at radius 2 is 1.53 bits per heavy atom. The lowest BCUT2D eigenvalue weighted by atomic mass is 10.2. The number of alkyl halides is 3. The van der Waals surface area contributed by atoms with Crippen molar-refractivity contribution in [3.63, 3.8) is 0 Å². The van der Waals surface area contributed by atoms with E-state index in [1.165, 1.54) is 12.7 Å². The van der Waals surface area contributed by atoms with Crippen molar-refractivity contribution in [1.82, 2.24) is 4.31 Å². The molecule has 0 aromatic rings. The lowest BCUT2D eigenvalue weighted by molar-refractivity contribution is -0.192. The van der Waals surface area contributed by atoms with Crippen LogP contribution in [0, 0.1) is 0 Å². The number of sulfonamides is 1. The van der Waals surface area contributed by atoms with Gasteiger partial charge in [-0.25, -0.2) is 17.5 Å². The second-order valence-corrected chi connectivity index (χ2v) is 5.51. The molecule has 0 aliphatic carbocycles. The van der Waals surface area contributed by atoms with Gasteiger partial charge in [-0.05, 0) is 12.8 Å². The van der Waals surface area contributed by atoms with Gasteiger partial charge in [-0.1, -0.05) is 6.42 Å². The van der Waals surface area contributed by atoms with Crippen molar-refractivity contribution in [2.45, 2.75) is 25.4 Å². The molecule has 1 heterocycles. The number of piperidine rings is 1. The number of halogens is 3. The zero-order valence-electron chi connectivity index (χ0n) is 9.20. The highest BCUT2D eigenvalue weighted by Crippen LogP contribution is 2.13. The Hall–Kier alpha value is -0.830. The van der Waals surface area contributed by atoms with Crippen LogP contribution in [0.5, 0.6) is 0 Å². The summed E-state index contributed by atoms with van der Waals surface area (Å²) in [5.74, 6) is -2.76. The smallest absolute Gasteiger partial charge is 0.475 e. The van der Waals surface area contributed by atoms with Gasteiger partial charge in [0.25, 0.3) is 0 Å². The van der Waals surface area contributed by atoms with Crippen molar-refractivity contribution in [2.75, 3.05) is 19.3 Å². The average Bonchev–Trinajstić information content (AvgIpc) is 2.17. The van der Waals surface area contributed by atoms with Crippen LogP contribution < -0.4 is 0 Å². The molecule has 102 valence electrons. The summed E-state index contributed by atoms with van der Waals surface area (Å²) < 4.78 is 55.1. The van der Waals surface area contributed by atoms with Gasteiger partial charge in [-0.3, -0.25) is 0 Å². The molecule has 0 saturated carbocycles. The zero-order chi connectivity index (χ0) is 13.7. The molecular weight excluding hydrogens is 263 g/mol. The Labute approximate surface area is 97.3 Å². The van der Waals surface area contributed by atoms with Crippen molar-refractivity contribution >= 4 is 16.0 Å². The maximum atomic E-state index is 10.9. The molecule has 9 heteroatoms. The van der Waals surface area contributed by atoms with Crippen LogP contribution >= 0.6 is 0 Å². The summed E-state index contributed by atoms with van der Waals surface area (Å²) in [4.78, 5) is 8.90. The average molecular weight is 277 g/mol. The number of hydrogen-bond acceptors (Lipinski definition) is 3.